The lowest BCUT2D eigenvalue weighted by Gasteiger charge is -2.31. The molecule has 4 aliphatic carbocycles. The van der Waals surface area contributed by atoms with Crippen molar-refractivity contribution in [2.24, 2.45) is 0 Å². The lowest BCUT2D eigenvalue weighted by molar-refractivity contribution is 0.812. The van der Waals surface area contributed by atoms with Crippen LogP contribution in [-0.4, -0.2) is 9.97 Å². The predicted octanol–water partition coefficient (Wildman–Crippen LogP) is 24.9. The molecule has 454 valence electrons. The summed E-state index contributed by atoms with van der Waals surface area (Å²) in [5, 5.41) is 2.61. The monoisotopic (exact) mass is 1280 g/mol. The SMILES string of the molecule is c1ccc(-c2cc(-c3ccc(-c4cccc5c4C4(c6ccccc6-5)c5ccccc5-c5c4sc4ccccc54)cc3)cc(-c3ccc(-c4cccc5c6c(sc45)C4(c5ccccc5-c5ccccc54)c4ccc(-c5cc(-c7ccccc7)nc(-c7ccccc7)c5)cc4-6)cc3)n2)cc1. The number of hydrogen-bond acceptors (Lipinski definition) is 4. The second-order valence-corrected chi connectivity index (χ2v) is 28.5. The van der Waals surface area contributed by atoms with E-state index in [0.717, 1.165) is 67.3 Å². The van der Waals surface area contributed by atoms with E-state index in [2.05, 4.69) is 340 Å². The summed E-state index contributed by atoms with van der Waals surface area (Å²) in [4.78, 5) is 13.6. The van der Waals surface area contributed by atoms with Crippen molar-refractivity contribution in [2.45, 2.75) is 10.8 Å². The molecule has 0 saturated heterocycles. The molecule has 0 radical (unpaired) electrons. The van der Waals surface area contributed by atoms with Gasteiger partial charge >= 0.3 is 0 Å². The third-order valence-corrected chi connectivity index (χ3v) is 24.2. The molecule has 13 aromatic carbocycles. The number of hydrogen-bond donors (Lipinski definition) is 0. The quantitative estimate of drug-likeness (QED) is 0.152. The van der Waals surface area contributed by atoms with E-state index in [1.54, 1.807) is 0 Å². The van der Waals surface area contributed by atoms with E-state index in [1.165, 1.54) is 130 Å². The minimum absolute atomic E-state index is 0.452. The average Bonchev–Trinajstić information content (AvgIpc) is 1.50. The molecule has 0 N–H and O–H groups in total. The van der Waals surface area contributed by atoms with Gasteiger partial charge in [0, 0.05) is 63.3 Å². The second-order valence-electron chi connectivity index (χ2n) is 26.5. The highest BCUT2D eigenvalue weighted by Crippen LogP contribution is 2.69. The Kier molecular flexibility index (Phi) is 12.0. The highest BCUT2D eigenvalue weighted by atomic mass is 32.1. The normalized spacial score (nSPS) is 14.4. The zero-order chi connectivity index (χ0) is 64.2. The summed E-state index contributed by atoms with van der Waals surface area (Å²) in [6, 6.07) is 126. The van der Waals surface area contributed by atoms with Crippen LogP contribution in [-0.2, 0) is 10.8 Å². The van der Waals surface area contributed by atoms with E-state index in [-0.39, 0.29) is 0 Å². The second kappa shape index (κ2) is 21.3. The number of thiophene rings is 2. The van der Waals surface area contributed by atoms with Crippen molar-refractivity contribution in [1.29, 1.82) is 0 Å². The van der Waals surface area contributed by atoms with Crippen LogP contribution in [0.2, 0.25) is 0 Å². The lowest BCUT2D eigenvalue weighted by atomic mass is 9.71. The zero-order valence-corrected chi connectivity index (χ0v) is 54.7. The number of nitrogens with zero attached hydrogens (tertiary/aromatic N) is 2. The van der Waals surface area contributed by atoms with Gasteiger partial charge < -0.3 is 0 Å². The maximum absolute atomic E-state index is 5.47. The maximum Gasteiger partial charge on any atom is 0.0825 e. The predicted molar refractivity (Wildman–Crippen MR) is 409 cm³/mol. The molecule has 4 aliphatic rings. The highest BCUT2D eigenvalue weighted by Gasteiger charge is 2.56. The molecule has 0 amide bonds. The molecular weight excluding hydrogens is 1220 g/mol. The smallest absolute Gasteiger partial charge is 0.0825 e. The number of fused-ring (bicyclic) bond motifs is 24. The van der Waals surface area contributed by atoms with Gasteiger partial charge in [0.05, 0.1) is 33.6 Å². The summed E-state index contributed by atoms with van der Waals surface area (Å²) in [6.07, 6.45) is 0. The van der Waals surface area contributed by atoms with Crippen molar-refractivity contribution >= 4 is 42.8 Å². The molecule has 4 heterocycles. The van der Waals surface area contributed by atoms with Gasteiger partial charge in [-0.1, -0.05) is 303 Å². The molecule has 0 saturated carbocycles. The first-order valence-corrected chi connectivity index (χ1v) is 35.4. The van der Waals surface area contributed by atoms with Crippen LogP contribution in [0.4, 0.5) is 0 Å². The van der Waals surface area contributed by atoms with Gasteiger partial charge in [0.15, 0.2) is 0 Å². The molecule has 2 nitrogen and oxygen atoms in total. The first kappa shape index (κ1) is 55.4. The van der Waals surface area contributed by atoms with Crippen LogP contribution in [0.15, 0.2) is 340 Å². The third-order valence-electron chi connectivity index (χ3n) is 21.5. The van der Waals surface area contributed by atoms with E-state index in [9.17, 15) is 0 Å². The van der Waals surface area contributed by atoms with Crippen molar-refractivity contribution in [3.8, 4) is 134 Å². The van der Waals surface area contributed by atoms with Gasteiger partial charge in [-0.05, 0) is 148 Å². The lowest BCUT2D eigenvalue weighted by Crippen LogP contribution is -2.25. The molecule has 0 fully saturated rings. The van der Waals surface area contributed by atoms with Crippen molar-refractivity contribution in [3.63, 3.8) is 0 Å². The Morgan fingerprint density at radius 2 is 0.592 bits per heavy atom. The molecule has 2 spiro atoms. The Morgan fingerprint density at radius 1 is 0.214 bits per heavy atom. The Hall–Kier alpha value is -11.9. The van der Waals surface area contributed by atoms with Gasteiger partial charge in [0.1, 0.15) is 0 Å². The summed E-state index contributed by atoms with van der Waals surface area (Å²) < 4.78 is 2.62. The Morgan fingerprint density at radius 3 is 1.19 bits per heavy atom. The number of rotatable bonds is 8. The van der Waals surface area contributed by atoms with Crippen LogP contribution in [0.5, 0.6) is 0 Å². The van der Waals surface area contributed by atoms with Crippen molar-refractivity contribution < 1.29 is 0 Å². The van der Waals surface area contributed by atoms with E-state index in [1.807, 2.05) is 22.7 Å². The van der Waals surface area contributed by atoms with Gasteiger partial charge in [-0.25, -0.2) is 9.97 Å². The fraction of sp³-hybridized carbons (Fsp3) is 0.0213. The van der Waals surface area contributed by atoms with Crippen LogP contribution in [0.25, 0.3) is 154 Å². The molecule has 4 heteroatoms. The molecule has 1 atom stereocenters. The largest absolute Gasteiger partial charge is 0.248 e. The van der Waals surface area contributed by atoms with Crippen molar-refractivity contribution in [2.75, 3.05) is 0 Å². The fourth-order valence-electron chi connectivity index (χ4n) is 17.3. The number of pyridine rings is 2. The van der Waals surface area contributed by atoms with Crippen molar-refractivity contribution in [1.82, 2.24) is 9.97 Å². The van der Waals surface area contributed by atoms with Gasteiger partial charge in [0.25, 0.3) is 0 Å². The molecule has 21 rings (SSSR count). The fourth-order valence-corrected chi connectivity index (χ4v) is 20.4. The molecular formula is C94H56N2S2. The topological polar surface area (TPSA) is 25.8 Å². The van der Waals surface area contributed by atoms with Gasteiger partial charge in [-0.15, -0.1) is 22.7 Å². The Bertz CT molecular complexity index is 6060. The van der Waals surface area contributed by atoms with Gasteiger partial charge in [-0.2, -0.15) is 0 Å². The summed E-state index contributed by atoms with van der Waals surface area (Å²) in [5.41, 5.74) is 35.2. The standard InChI is InChI=1S/C94H56N2S2/c1-4-22-60(23-5-1)82-53-65(57-42-44-58(45-43-57)67-33-20-35-72-71-30-12-17-39-79(71)94(89(67)72)80-40-18-13-31-73(80)87-74-32-14-19-41-86(74)97-92(87)94)54-85(96-82)63-48-46-59(47-49-63)68-34-21-36-75-88-76-52-64(66-55-83(61-24-6-2-7-25-61)95-84(56-66)62-26-8-3-9-27-62)50-51-81(76)93(91(88)98-90(68)75)77-37-15-10-28-69(77)70-29-11-16-38-78(70)93/h1-56H. The van der Waals surface area contributed by atoms with Crippen LogP contribution < -0.4 is 0 Å². The zero-order valence-electron chi connectivity index (χ0n) is 53.0. The minimum atomic E-state index is -0.499. The third kappa shape index (κ3) is 7.84. The molecule has 17 aromatic rings. The molecule has 4 aromatic heterocycles. The first-order valence-electron chi connectivity index (χ1n) is 33.8. The summed E-state index contributed by atoms with van der Waals surface area (Å²) >= 11 is 3.93. The molecule has 0 bridgehead atoms. The minimum Gasteiger partial charge on any atom is -0.248 e. The molecule has 98 heavy (non-hydrogen) atoms. The summed E-state index contributed by atoms with van der Waals surface area (Å²) in [5.74, 6) is 0. The van der Waals surface area contributed by atoms with E-state index < -0.39 is 10.8 Å². The Balaban J connectivity index is 0.679. The van der Waals surface area contributed by atoms with E-state index >= 15 is 0 Å². The average molecular weight is 1280 g/mol. The highest BCUT2D eigenvalue weighted by molar-refractivity contribution is 7.21. The summed E-state index contributed by atoms with van der Waals surface area (Å²) in [7, 11) is 0. The van der Waals surface area contributed by atoms with Gasteiger partial charge in [-0.3, -0.25) is 0 Å². The molecule has 1 unspecified atom stereocenters. The maximum atomic E-state index is 5.47. The van der Waals surface area contributed by atoms with Crippen LogP contribution >= 0.6 is 22.7 Å². The number of benzene rings is 13. The van der Waals surface area contributed by atoms with Crippen LogP contribution in [0.3, 0.4) is 0 Å². The van der Waals surface area contributed by atoms with Crippen LogP contribution in [0, 0.1) is 0 Å². The summed E-state index contributed by atoms with van der Waals surface area (Å²) in [6.45, 7) is 0. The number of aromatic nitrogens is 2. The van der Waals surface area contributed by atoms with E-state index in [4.69, 9.17) is 9.97 Å². The van der Waals surface area contributed by atoms with Gasteiger partial charge in [0.2, 0.25) is 0 Å². The van der Waals surface area contributed by atoms with Crippen LogP contribution in [0.1, 0.15) is 43.1 Å². The Labute approximate surface area is 576 Å². The molecule has 0 aliphatic heterocycles. The van der Waals surface area contributed by atoms with Crippen molar-refractivity contribution in [3.05, 3.63) is 383 Å². The first-order chi connectivity index (χ1) is 48.6. The van der Waals surface area contributed by atoms with E-state index in [0.29, 0.717) is 0 Å².